The first-order valence-electron chi connectivity index (χ1n) is 5.02. The maximum atomic E-state index is 5.87. The van der Waals surface area contributed by atoms with Gasteiger partial charge in [0.05, 0.1) is 5.75 Å². The third-order valence-corrected chi connectivity index (χ3v) is 3.50. The number of benzene rings is 1. The van der Waals surface area contributed by atoms with Crippen molar-refractivity contribution in [1.82, 2.24) is 9.97 Å². The van der Waals surface area contributed by atoms with Crippen LogP contribution in [0.3, 0.4) is 0 Å². The van der Waals surface area contributed by atoms with E-state index in [-0.39, 0.29) is 0 Å². The van der Waals surface area contributed by atoms with Gasteiger partial charge in [0.2, 0.25) is 0 Å². The molecule has 5 heteroatoms. The van der Waals surface area contributed by atoms with Gasteiger partial charge < -0.3 is 0 Å². The molecule has 0 saturated heterocycles. The zero-order chi connectivity index (χ0) is 12.3. The minimum atomic E-state index is 0.490. The molecule has 0 bridgehead atoms. The van der Waals surface area contributed by atoms with E-state index in [1.807, 2.05) is 31.2 Å². The quantitative estimate of drug-likeness (QED) is 0.618. The summed E-state index contributed by atoms with van der Waals surface area (Å²) in [7, 11) is 0. The SMILES string of the molecule is Cc1cc(Cl)nc(CSc2ccc(Cl)cc2)n1. The number of rotatable bonds is 3. The summed E-state index contributed by atoms with van der Waals surface area (Å²) in [6.45, 7) is 1.91. The van der Waals surface area contributed by atoms with Crippen molar-refractivity contribution in [1.29, 1.82) is 0 Å². The summed E-state index contributed by atoms with van der Waals surface area (Å²) in [5.41, 5.74) is 0.886. The Hall–Kier alpha value is -0.770. The molecule has 1 aromatic heterocycles. The predicted octanol–water partition coefficient (Wildman–Crippen LogP) is 4.38. The van der Waals surface area contributed by atoms with E-state index in [0.717, 1.165) is 21.4 Å². The van der Waals surface area contributed by atoms with Gasteiger partial charge in [0.15, 0.2) is 0 Å². The molecule has 0 amide bonds. The van der Waals surface area contributed by atoms with Crippen molar-refractivity contribution in [2.45, 2.75) is 17.6 Å². The Balaban J connectivity index is 2.04. The molecule has 0 atom stereocenters. The van der Waals surface area contributed by atoms with Crippen LogP contribution in [-0.2, 0) is 5.75 Å². The molecule has 0 unspecified atom stereocenters. The van der Waals surface area contributed by atoms with Crippen molar-refractivity contribution >= 4 is 35.0 Å². The van der Waals surface area contributed by atoms with Crippen molar-refractivity contribution in [2.75, 3.05) is 0 Å². The number of aromatic nitrogens is 2. The number of aryl methyl sites for hydroxylation is 1. The zero-order valence-electron chi connectivity index (χ0n) is 9.15. The fourth-order valence-electron chi connectivity index (χ4n) is 1.33. The molecule has 17 heavy (non-hydrogen) atoms. The molecule has 0 radical (unpaired) electrons. The van der Waals surface area contributed by atoms with Crippen LogP contribution >= 0.6 is 35.0 Å². The summed E-state index contributed by atoms with van der Waals surface area (Å²) < 4.78 is 0. The largest absolute Gasteiger partial charge is 0.237 e. The highest BCUT2D eigenvalue weighted by Crippen LogP contribution is 2.23. The molecular weight excluding hydrogens is 275 g/mol. The Morgan fingerprint density at radius 3 is 2.47 bits per heavy atom. The molecule has 0 spiro atoms. The minimum absolute atomic E-state index is 0.490. The number of thioether (sulfide) groups is 1. The van der Waals surface area contributed by atoms with Crippen molar-refractivity contribution < 1.29 is 0 Å². The Morgan fingerprint density at radius 2 is 1.82 bits per heavy atom. The number of hydrogen-bond acceptors (Lipinski definition) is 3. The van der Waals surface area contributed by atoms with Crippen LogP contribution in [0.1, 0.15) is 11.5 Å². The Labute approximate surface area is 114 Å². The highest BCUT2D eigenvalue weighted by Gasteiger charge is 2.02. The standard InChI is InChI=1S/C12H10Cl2N2S/c1-8-6-11(14)16-12(15-8)7-17-10-4-2-9(13)3-5-10/h2-6H,7H2,1H3. The van der Waals surface area contributed by atoms with Crippen LogP contribution in [0.2, 0.25) is 10.2 Å². The third kappa shape index (κ3) is 3.87. The highest BCUT2D eigenvalue weighted by atomic mass is 35.5. The Bertz CT molecular complexity index is 494. The lowest BCUT2D eigenvalue weighted by Crippen LogP contribution is -1.95. The van der Waals surface area contributed by atoms with Gasteiger partial charge in [-0.1, -0.05) is 23.2 Å². The first-order valence-corrected chi connectivity index (χ1v) is 6.76. The monoisotopic (exact) mass is 284 g/mol. The fraction of sp³-hybridized carbons (Fsp3) is 0.167. The summed E-state index contributed by atoms with van der Waals surface area (Å²) in [6.07, 6.45) is 0. The van der Waals surface area contributed by atoms with E-state index in [0.29, 0.717) is 10.9 Å². The van der Waals surface area contributed by atoms with Crippen LogP contribution in [0, 0.1) is 6.92 Å². The van der Waals surface area contributed by atoms with E-state index in [4.69, 9.17) is 23.2 Å². The molecule has 0 aliphatic heterocycles. The first-order chi connectivity index (χ1) is 8.13. The molecular formula is C12H10Cl2N2S. The van der Waals surface area contributed by atoms with Gasteiger partial charge in [0, 0.05) is 15.6 Å². The number of nitrogens with zero attached hydrogens (tertiary/aromatic N) is 2. The van der Waals surface area contributed by atoms with Gasteiger partial charge >= 0.3 is 0 Å². The molecule has 1 aromatic carbocycles. The summed E-state index contributed by atoms with van der Waals surface area (Å²) in [4.78, 5) is 9.63. The summed E-state index contributed by atoms with van der Waals surface area (Å²) in [6, 6.07) is 9.44. The third-order valence-electron chi connectivity index (χ3n) is 2.05. The van der Waals surface area contributed by atoms with E-state index in [2.05, 4.69) is 9.97 Å². The van der Waals surface area contributed by atoms with Crippen molar-refractivity contribution in [3.05, 3.63) is 52.0 Å². The lowest BCUT2D eigenvalue weighted by atomic mass is 10.4. The highest BCUT2D eigenvalue weighted by molar-refractivity contribution is 7.98. The molecule has 0 fully saturated rings. The van der Waals surface area contributed by atoms with Gasteiger partial charge in [0.25, 0.3) is 0 Å². The van der Waals surface area contributed by atoms with Crippen LogP contribution in [0.25, 0.3) is 0 Å². The van der Waals surface area contributed by atoms with Gasteiger partial charge in [-0.25, -0.2) is 9.97 Å². The molecule has 0 aliphatic carbocycles. The van der Waals surface area contributed by atoms with Gasteiger partial charge in [-0.2, -0.15) is 0 Å². The van der Waals surface area contributed by atoms with E-state index in [9.17, 15) is 0 Å². The Kier molecular flexibility index (Phi) is 4.26. The van der Waals surface area contributed by atoms with Crippen molar-refractivity contribution in [3.8, 4) is 0 Å². The predicted molar refractivity (Wildman–Crippen MR) is 72.8 cm³/mol. The smallest absolute Gasteiger partial charge is 0.140 e. The normalized spacial score (nSPS) is 10.5. The lowest BCUT2D eigenvalue weighted by Gasteiger charge is -2.02. The van der Waals surface area contributed by atoms with E-state index >= 15 is 0 Å². The number of halogens is 2. The summed E-state index contributed by atoms with van der Waals surface area (Å²) in [5.74, 6) is 1.44. The molecule has 0 N–H and O–H groups in total. The summed E-state index contributed by atoms with van der Waals surface area (Å²) >= 11 is 13.4. The van der Waals surface area contributed by atoms with Crippen LogP contribution in [0.4, 0.5) is 0 Å². The lowest BCUT2D eigenvalue weighted by molar-refractivity contribution is 0.996. The van der Waals surface area contributed by atoms with Gasteiger partial charge in [0.1, 0.15) is 11.0 Å². The van der Waals surface area contributed by atoms with Crippen LogP contribution in [0.5, 0.6) is 0 Å². The molecule has 88 valence electrons. The average Bonchev–Trinajstić information content (AvgIpc) is 2.27. The molecule has 0 saturated carbocycles. The molecule has 2 rings (SSSR count). The van der Waals surface area contributed by atoms with Crippen LogP contribution in [-0.4, -0.2) is 9.97 Å². The molecule has 0 aliphatic rings. The molecule has 2 nitrogen and oxygen atoms in total. The fourth-order valence-corrected chi connectivity index (χ4v) is 2.47. The van der Waals surface area contributed by atoms with Crippen molar-refractivity contribution in [3.63, 3.8) is 0 Å². The zero-order valence-corrected chi connectivity index (χ0v) is 11.5. The van der Waals surface area contributed by atoms with Crippen LogP contribution in [0.15, 0.2) is 35.2 Å². The molecule has 1 heterocycles. The second-order valence-corrected chi connectivity index (χ2v) is 5.36. The second-order valence-electron chi connectivity index (χ2n) is 3.49. The van der Waals surface area contributed by atoms with E-state index in [1.54, 1.807) is 17.8 Å². The van der Waals surface area contributed by atoms with Gasteiger partial charge in [-0.3, -0.25) is 0 Å². The van der Waals surface area contributed by atoms with Crippen molar-refractivity contribution in [2.24, 2.45) is 0 Å². The topological polar surface area (TPSA) is 25.8 Å². The summed E-state index contributed by atoms with van der Waals surface area (Å²) in [5, 5.41) is 1.23. The van der Waals surface area contributed by atoms with E-state index in [1.165, 1.54) is 0 Å². The van der Waals surface area contributed by atoms with Gasteiger partial charge in [-0.05, 0) is 37.3 Å². The average molecular weight is 285 g/mol. The second kappa shape index (κ2) is 5.71. The van der Waals surface area contributed by atoms with Gasteiger partial charge in [-0.15, -0.1) is 11.8 Å². The van der Waals surface area contributed by atoms with E-state index < -0.39 is 0 Å². The van der Waals surface area contributed by atoms with Crippen LogP contribution < -0.4 is 0 Å². The maximum Gasteiger partial charge on any atom is 0.140 e. The number of hydrogen-bond donors (Lipinski definition) is 0. The minimum Gasteiger partial charge on any atom is -0.237 e. The Morgan fingerprint density at radius 1 is 1.12 bits per heavy atom. The maximum absolute atomic E-state index is 5.87. The first kappa shape index (κ1) is 12.7. The molecule has 2 aromatic rings.